The van der Waals surface area contributed by atoms with Gasteiger partial charge in [-0.25, -0.2) is 4.98 Å². The van der Waals surface area contributed by atoms with Crippen molar-refractivity contribution < 1.29 is 9.53 Å². The van der Waals surface area contributed by atoms with E-state index in [4.69, 9.17) is 9.72 Å². The van der Waals surface area contributed by atoms with Gasteiger partial charge in [0.05, 0.1) is 17.6 Å². The minimum Gasteiger partial charge on any atom is -0.483 e. The van der Waals surface area contributed by atoms with Crippen LogP contribution in [0.15, 0.2) is 42.5 Å². The van der Waals surface area contributed by atoms with Gasteiger partial charge in [0.25, 0.3) is 5.91 Å². The Morgan fingerprint density at radius 3 is 2.76 bits per heavy atom. The summed E-state index contributed by atoms with van der Waals surface area (Å²) in [7, 11) is 2.10. The van der Waals surface area contributed by atoms with Gasteiger partial charge in [-0.15, -0.1) is 0 Å². The Labute approximate surface area is 171 Å². The maximum absolute atomic E-state index is 12.5. The first-order chi connectivity index (χ1) is 13.8. The molecule has 29 heavy (non-hydrogen) atoms. The van der Waals surface area contributed by atoms with Gasteiger partial charge in [0.2, 0.25) is 0 Å². The van der Waals surface area contributed by atoms with E-state index in [9.17, 15) is 4.79 Å². The molecule has 0 aliphatic carbocycles. The lowest BCUT2D eigenvalue weighted by atomic mass is 9.86. The highest BCUT2D eigenvalue weighted by atomic mass is 16.5. The highest BCUT2D eigenvalue weighted by Gasteiger charge is 2.20. The molecule has 0 atom stereocenters. The predicted molar refractivity (Wildman–Crippen MR) is 115 cm³/mol. The van der Waals surface area contributed by atoms with E-state index in [1.54, 1.807) is 0 Å². The second kappa shape index (κ2) is 7.52. The van der Waals surface area contributed by atoms with Crippen molar-refractivity contribution in [3.63, 3.8) is 0 Å². The van der Waals surface area contributed by atoms with Crippen LogP contribution in [0.3, 0.4) is 0 Å². The number of hydrogen-bond acceptors (Lipinski definition) is 4. The smallest absolute Gasteiger partial charge is 0.262 e. The Hall–Kier alpha value is -2.86. The molecule has 2 aromatic carbocycles. The zero-order valence-electron chi connectivity index (χ0n) is 17.5. The van der Waals surface area contributed by atoms with Gasteiger partial charge >= 0.3 is 0 Å². The standard InChI is InChI=1S/C23H28N4O2/c1-23(2,3)17-7-5-6-8-20(17)29-15-22(28)24-16-9-10-19-18(13-16)25-21-14-26(4)11-12-27(19)21/h5-10,13H,11-12,14-15H2,1-4H3,(H,24,28). The SMILES string of the molecule is CN1CCn2c(nc3cc(NC(=O)COc4ccccc4C(C)(C)C)ccc32)C1. The van der Waals surface area contributed by atoms with Gasteiger partial charge < -0.3 is 14.6 Å². The number of carbonyl (C=O) groups is 1. The van der Waals surface area contributed by atoms with E-state index in [1.807, 2.05) is 42.5 Å². The van der Waals surface area contributed by atoms with E-state index in [0.717, 1.165) is 53.5 Å². The zero-order valence-corrected chi connectivity index (χ0v) is 17.5. The highest BCUT2D eigenvalue weighted by molar-refractivity contribution is 5.94. The third-order valence-electron chi connectivity index (χ3n) is 5.28. The quantitative estimate of drug-likeness (QED) is 0.734. The average Bonchev–Trinajstić information content (AvgIpc) is 3.02. The van der Waals surface area contributed by atoms with Crippen LogP contribution in [0.5, 0.6) is 5.75 Å². The zero-order chi connectivity index (χ0) is 20.6. The lowest BCUT2D eigenvalue weighted by Gasteiger charge is -2.23. The first kappa shape index (κ1) is 19.5. The summed E-state index contributed by atoms with van der Waals surface area (Å²) in [5.74, 6) is 1.63. The number of rotatable bonds is 4. The summed E-state index contributed by atoms with van der Waals surface area (Å²) >= 11 is 0. The van der Waals surface area contributed by atoms with Crippen molar-refractivity contribution in [1.29, 1.82) is 0 Å². The molecule has 0 saturated carbocycles. The molecule has 1 N–H and O–H groups in total. The number of nitrogens with zero attached hydrogens (tertiary/aromatic N) is 3. The molecule has 1 amide bonds. The van der Waals surface area contributed by atoms with E-state index in [1.165, 1.54) is 0 Å². The van der Waals surface area contributed by atoms with Gasteiger partial charge in [-0.3, -0.25) is 9.69 Å². The molecule has 6 nitrogen and oxygen atoms in total. The van der Waals surface area contributed by atoms with Crippen molar-refractivity contribution in [2.45, 2.75) is 39.3 Å². The summed E-state index contributed by atoms with van der Waals surface area (Å²) in [6.45, 7) is 9.17. The molecule has 0 spiro atoms. The molecular formula is C23H28N4O2. The summed E-state index contributed by atoms with van der Waals surface area (Å²) in [5, 5.41) is 2.93. The van der Waals surface area contributed by atoms with E-state index < -0.39 is 0 Å². The molecule has 0 unspecified atom stereocenters. The van der Waals surface area contributed by atoms with Crippen LogP contribution in [0, 0.1) is 0 Å². The first-order valence-corrected chi connectivity index (χ1v) is 10.0. The molecule has 4 rings (SSSR count). The molecular weight excluding hydrogens is 364 g/mol. The summed E-state index contributed by atoms with van der Waals surface area (Å²) < 4.78 is 8.08. The van der Waals surface area contributed by atoms with Crippen LogP contribution in [0.1, 0.15) is 32.2 Å². The maximum Gasteiger partial charge on any atom is 0.262 e. The summed E-state index contributed by atoms with van der Waals surface area (Å²) in [5.41, 5.74) is 3.79. The maximum atomic E-state index is 12.5. The van der Waals surface area contributed by atoms with Gasteiger partial charge in [0.15, 0.2) is 6.61 Å². The topological polar surface area (TPSA) is 59.4 Å². The number of hydrogen-bond donors (Lipinski definition) is 1. The Balaban J connectivity index is 1.45. The molecule has 1 aliphatic heterocycles. The van der Waals surface area contributed by atoms with Crippen molar-refractivity contribution in [2.24, 2.45) is 0 Å². The largest absolute Gasteiger partial charge is 0.483 e. The summed E-state index contributed by atoms with van der Waals surface area (Å²) in [6, 6.07) is 13.8. The number of aromatic nitrogens is 2. The Morgan fingerprint density at radius 1 is 1.17 bits per heavy atom. The monoisotopic (exact) mass is 392 g/mol. The molecule has 1 aliphatic rings. The number of likely N-dealkylation sites (N-methyl/N-ethyl adjacent to an activating group) is 1. The number of amides is 1. The lowest BCUT2D eigenvalue weighted by molar-refractivity contribution is -0.118. The fourth-order valence-corrected chi connectivity index (χ4v) is 3.77. The van der Waals surface area contributed by atoms with Crippen LogP contribution in [0.25, 0.3) is 11.0 Å². The van der Waals surface area contributed by atoms with Crippen LogP contribution >= 0.6 is 0 Å². The van der Waals surface area contributed by atoms with E-state index in [-0.39, 0.29) is 17.9 Å². The van der Waals surface area contributed by atoms with Crippen molar-refractivity contribution in [1.82, 2.24) is 14.5 Å². The normalized spacial score (nSPS) is 14.6. The molecule has 152 valence electrons. The minimum absolute atomic E-state index is 0.0321. The van der Waals surface area contributed by atoms with Crippen molar-refractivity contribution >= 4 is 22.6 Å². The number of carbonyl (C=O) groups excluding carboxylic acids is 1. The number of para-hydroxylation sites is 1. The Morgan fingerprint density at radius 2 is 1.97 bits per heavy atom. The Kier molecular flexibility index (Phi) is 5.04. The first-order valence-electron chi connectivity index (χ1n) is 10.0. The molecule has 6 heteroatoms. The summed E-state index contributed by atoms with van der Waals surface area (Å²) in [4.78, 5) is 19.5. The van der Waals surface area contributed by atoms with E-state index >= 15 is 0 Å². The third kappa shape index (κ3) is 4.12. The molecule has 0 bridgehead atoms. The second-order valence-electron chi connectivity index (χ2n) is 8.70. The lowest BCUT2D eigenvalue weighted by Crippen LogP contribution is -2.30. The number of ether oxygens (including phenoxy) is 1. The van der Waals surface area contributed by atoms with Crippen LogP contribution in [-0.2, 0) is 23.3 Å². The van der Waals surface area contributed by atoms with Gasteiger partial charge in [-0.1, -0.05) is 39.0 Å². The molecule has 0 saturated heterocycles. The van der Waals surface area contributed by atoms with Gasteiger partial charge in [-0.05, 0) is 42.3 Å². The number of fused-ring (bicyclic) bond motifs is 3. The molecule has 3 aromatic rings. The molecule has 0 radical (unpaired) electrons. The number of benzene rings is 2. The third-order valence-corrected chi connectivity index (χ3v) is 5.28. The van der Waals surface area contributed by atoms with Gasteiger partial charge in [-0.2, -0.15) is 0 Å². The Bertz CT molecular complexity index is 1050. The van der Waals surface area contributed by atoms with Gasteiger partial charge in [0, 0.05) is 18.8 Å². The molecule has 1 aromatic heterocycles. The van der Waals surface area contributed by atoms with Crippen molar-refractivity contribution in [3.8, 4) is 5.75 Å². The van der Waals surface area contributed by atoms with Crippen molar-refractivity contribution in [3.05, 3.63) is 53.9 Å². The minimum atomic E-state index is -0.184. The van der Waals surface area contributed by atoms with Crippen molar-refractivity contribution in [2.75, 3.05) is 25.5 Å². The van der Waals surface area contributed by atoms with E-state index in [0.29, 0.717) is 0 Å². The van der Waals surface area contributed by atoms with Gasteiger partial charge in [0.1, 0.15) is 11.6 Å². The fourth-order valence-electron chi connectivity index (χ4n) is 3.77. The predicted octanol–water partition coefficient (Wildman–Crippen LogP) is 3.80. The second-order valence-corrected chi connectivity index (χ2v) is 8.70. The summed E-state index contributed by atoms with van der Waals surface area (Å²) in [6.07, 6.45) is 0. The van der Waals surface area contributed by atoms with Crippen LogP contribution < -0.4 is 10.1 Å². The van der Waals surface area contributed by atoms with Crippen LogP contribution in [0.2, 0.25) is 0 Å². The molecule has 0 fully saturated rings. The number of anilines is 1. The van der Waals surface area contributed by atoms with Crippen LogP contribution in [0.4, 0.5) is 5.69 Å². The highest BCUT2D eigenvalue weighted by Crippen LogP contribution is 2.31. The number of nitrogens with one attached hydrogen (secondary N) is 1. The fraction of sp³-hybridized carbons (Fsp3) is 0.391. The molecule has 2 heterocycles. The van der Waals surface area contributed by atoms with Crippen LogP contribution in [-0.4, -0.2) is 40.6 Å². The average molecular weight is 393 g/mol. The van der Waals surface area contributed by atoms with E-state index in [2.05, 4.69) is 42.6 Å². The number of imidazole rings is 1.